The van der Waals surface area contributed by atoms with E-state index in [9.17, 15) is 0 Å². The average Bonchev–Trinajstić information content (AvgIpc) is 1.59. The van der Waals surface area contributed by atoms with Crippen LogP contribution in [-0.4, -0.2) is 28.7 Å². The van der Waals surface area contributed by atoms with E-state index in [2.05, 4.69) is 310 Å². The van der Waals surface area contributed by atoms with E-state index >= 15 is 0 Å². The summed E-state index contributed by atoms with van der Waals surface area (Å²) in [4.78, 5) is 16.6. The molecule has 0 saturated heterocycles. The van der Waals surface area contributed by atoms with E-state index in [1.165, 1.54) is 116 Å². The Kier molecular flexibility index (Phi) is 10.3. The number of fused-ring (bicyclic) bond motifs is 18. The summed E-state index contributed by atoms with van der Waals surface area (Å²) in [6, 6.07) is 94.3. The molecule has 4 heterocycles. The van der Waals surface area contributed by atoms with Gasteiger partial charge in [-0.15, -0.1) is 0 Å². The van der Waals surface area contributed by atoms with Crippen LogP contribution in [0, 0.1) is 0 Å². The molecule has 0 amide bonds. The second-order valence-corrected chi connectivity index (χ2v) is 26.8. The molecule has 426 valence electrons. The molecule has 0 unspecified atom stereocenters. The Balaban J connectivity index is 0.806. The molecule has 0 N–H and O–H groups in total. The van der Waals surface area contributed by atoms with Crippen LogP contribution in [0.25, 0.3) is 150 Å². The number of hydrogen-bond acceptors (Lipinski definition) is 3. The molecule has 4 aromatic heterocycles. The predicted molar refractivity (Wildman–Crippen MR) is 372 cm³/mol. The Bertz CT molecular complexity index is 5260. The highest BCUT2D eigenvalue weighted by Gasteiger charge is 2.39. The molecule has 0 atom stereocenters. The second-order valence-electron chi connectivity index (χ2n) is 26.8. The van der Waals surface area contributed by atoms with Gasteiger partial charge in [0.2, 0.25) is 0 Å². The standard InChI is InChI=1S/C84H60N6/c1-82(2)67-34-13-7-28-55(67)61-43-64-58-31-10-16-37-73(58)88(76(64)46-70(61)82)52-25-19-22-49(40-52)79-85-80(50-23-20-26-53(41-50)89-74-38-17-11-32-59(74)65-44-62-56-29-8-14-35-68(56)83(3,4)71(62)47-77(65)89)87-81(86-79)51-24-21-27-54(42-51)90-75-39-18-12-33-60(75)66-45-63-57-30-9-15-36-69(57)84(5,6)72(63)48-78(66)90/h7-48H,1-6H3. The van der Waals surface area contributed by atoms with Gasteiger partial charge in [-0.1, -0.05) is 205 Å². The van der Waals surface area contributed by atoms with E-state index in [-0.39, 0.29) is 16.2 Å². The van der Waals surface area contributed by atoms with Gasteiger partial charge in [0.25, 0.3) is 0 Å². The summed E-state index contributed by atoms with van der Waals surface area (Å²) in [6.45, 7) is 14.2. The van der Waals surface area contributed by atoms with Crippen LogP contribution in [0.2, 0.25) is 0 Å². The van der Waals surface area contributed by atoms with Gasteiger partial charge in [-0.2, -0.15) is 0 Å². The first-order valence-corrected chi connectivity index (χ1v) is 31.5. The summed E-state index contributed by atoms with van der Waals surface area (Å²) < 4.78 is 7.31. The molecule has 12 aromatic carbocycles. The molecule has 3 aliphatic carbocycles. The van der Waals surface area contributed by atoms with Crippen molar-refractivity contribution in [2.24, 2.45) is 0 Å². The fourth-order valence-electron chi connectivity index (χ4n) is 16.4. The first kappa shape index (κ1) is 51.1. The van der Waals surface area contributed by atoms with Crippen molar-refractivity contribution in [3.8, 4) is 84.6 Å². The summed E-state index contributed by atoms with van der Waals surface area (Å²) in [5, 5.41) is 7.35. The summed E-state index contributed by atoms with van der Waals surface area (Å²) in [7, 11) is 0. The lowest BCUT2D eigenvalue weighted by Gasteiger charge is -2.21. The quantitative estimate of drug-likeness (QED) is 0.167. The van der Waals surface area contributed by atoms with Gasteiger partial charge in [0.05, 0.1) is 33.1 Å². The van der Waals surface area contributed by atoms with Gasteiger partial charge in [0, 0.05) is 82.3 Å². The number of hydrogen-bond donors (Lipinski definition) is 0. The Morgan fingerprint density at radius 3 is 0.811 bits per heavy atom. The van der Waals surface area contributed by atoms with Crippen LogP contribution in [0.5, 0.6) is 0 Å². The zero-order valence-electron chi connectivity index (χ0n) is 50.9. The lowest BCUT2D eigenvalue weighted by Crippen LogP contribution is -2.14. The van der Waals surface area contributed by atoms with Crippen LogP contribution in [0.4, 0.5) is 0 Å². The average molecular weight is 1150 g/mol. The minimum Gasteiger partial charge on any atom is -0.309 e. The molecule has 0 aliphatic heterocycles. The minimum atomic E-state index is -0.161. The molecule has 0 fully saturated rings. The molecular formula is C84H60N6. The van der Waals surface area contributed by atoms with Crippen molar-refractivity contribution < 1.29 is 0 Å². The number of rotatable bonds is 6. The van der Waals surface area contributed by atoms with Crippen molar-refractivity contribution in [2.45, 2.75) is 57.8 Å². The first-order chi connectivity index (χ1) is 43.9. The summed E-state index contributed by atoms with van der Waals surface area (Å²) in [5.41, 5.74) is 28.3. The smallest absolute Gasteiger partial charge is 0.164 e. The molecule has 0 bridgehead atoms. The Morgan fingerprint density at radius 2 is 0.500 bits per heavy atom. The molecule has 6 nitrogen and oxygen atoms in total. The maximum Gasteiger partial charge on any atom is 0.164 e. The SMILES string of the molecule is CC1(C)c2ccccc2-c2cc3c4ccccc4n(-c4cccc(-c5nc(-c6cccc(-n7c8ccccc8c8cc9c(cc87)C(C)(C)c7ccccc7-9)c6)nc(-c6cccc(-n7c8ccccc8c8cc9c(cc87)C(C)(C)c7ccccc7-9)c6)n5)c4)c3cc21. The van der Waals surface area contributed by atoms with Crippen LogP contribution in [0.3, 0.4) is 0 Å². The lowest BCUT2D eigenvalue weighted by molar-refractivity contribution is 0.661. The van der Waals surface area contributed by atoms with Crippen molar-refractivity contribution >= 4 is 65.4 Å². The largest absolute Gasteiger partial charge is 0.309 e. The van der Waals surface area contributed by atoms with Crippen LogP contribution < -0.4 is 0 Å². The monoisotopic (exact) mass is 1150 g/mol. The van der Waals surface area contributed by atoms with Gasteiger partial charge in [-0.05, 0) is 158 Å². The van der Waals surface area contributed by atoms with Gasteiger partial charge in [0.15, 0.2) is 17.5 Å². The second kappa shape index (κ2) is 18.1. The Morgan fingerprint density at radius 1 is 0.222 bits per heavy atom. The van der Waals surface area contributed by atoms with Crippen LogP contribution in [-0.2, 0) is 16.2 Å². The highest BCUT2D eigenvalue weighted by molar-refractivity contribution is 6.14. The molecule has 0 saturated carbocycles. The van der Waals surface area contributed by atoms with E-state index in [4.69, 9.17) is 15.0 Å². The fourth-order valence-corrected chi connectivity index (χ4v) is 16.4. The Labute approximate surface area is 521 Å². The van der Waals surface area contributed by atoms with Crippen molar-refractivity contribution in [3.63, 3.8) is 0 Å². The van der Waals surface area contributed by atoms with Crippen molar-refractivity contribution in [1.29, 1.82) is 0 Å². The van der Waals surface area contributed by atoms with Crippen molar-refractivity contribution in [1.82, 2.24) is 28.7 Å². The molecule has 16 aromatic rings. The van der Waals surface area contributed by atoms with E-state index in [1.54, 1.807) is 0 Å². The molecule has 6 heteroatoms. The van der Waals surface area contributed by atoms with Crippen LogP contribution in [0.1, 0.15) is 74.9 Å². The zero-order valence-corrected chi connectivity index (χ0v) is 50.9. The lowest BCUT2D eigenvalue weighted by atomic mass is 9.82. The van der Waals surface area contributed by atoms with Gasteiger partial charge in [0.1, 0.15) is 0 Å². The van der Waals surface area contributed by atoms with Gasteiger partial charge < -0.3 is 13.7 Å². The van der Waals surface area contributed by atoms with Gasteiger partial charge >= 0.3 is 0 Å². The fraction of sp³-hybridized carbons (Fsp3) is 0.107. The highest BCUT2D eigenvalue weighted by Crippen LogP contribution is 2.54. The molecule has 3 aliphatic rings. The number of aromatic nitrogens is 6. The Hall–Kier alpha value is -11.0. The highest BCUT2D eigenvalue weighted by atomic mass is 15.0. The van der Waals surface area contributed by atoms with E-state index in [0.29, 0.717) is 17.5 Å². The summed E-state index contributed by atoms with van der Waals surface area (Å²) in [5.74, 6) is 1.78. The number of para-hydroxylation sites is 3. The normalized spacial score (nSPS) is 14.6. The third kappa shape index (κ3) is 6.96. The maximum absolute atomic E-state index is 5.54. The summed E-state index contributed by atoms with van der Waals surface area (Å²) in [6.07, 6.45) is 0. The van der Waals surface area contributed by atoms with Crippen molar-refractivity contribution in [3.05, 3.63) is 288 Å². The van der Waals surface area contributed by atoms with E-state index < -0.39 is 0 Å². The van der Waals surface area contributed by atoms with E-state index in [0.717, 1.165) is 50.3 Å². The topological polar surface area (TPSA) is 53.5 Å². The van der Waals surface area contributed by atoms with Crippen LogP contribution >= 0.6 is 0 Å². The molecule has 0 radical (unpaired) electrons. The minimum absolute atomic E-state index is 0.161. The maximum atomic E-state index is 5.54. The van der Waals surface area contributed by atoms with Gasteiger partial charge in [-0.3, -0.25) is 0 Å². The van der Waals surface area contributed by atoms with E-state index in [1.807, 2.05) is 0 Å². The van der Waals surface area contributed by atoms with Gasteiger partial charge in [-0.25, -0.2) is 15.0 Å². The number of nitrogens with zero attached hydrogens (tertiary/aromatic N) is 6. The summed E-state index contributed by atoms with van der Waals surface area (Å²) >= 11 is 0. The first-order valence-electron chi connectivity index (χ1n) is 31.5. The third-order valence-corrected chi connectivity index (χ3v) is 20.9. The molecule has 0 spiro atoms. The third-order valence-electron chi connectivity index (χ3n) is 20.9. The predicted octanol–water partition coefficient (Wildman–Crippen LogP) is 21.1. The van der Waals surface area contributed by atoms with Crippen molar-refractivity contribution in [2.75, 3.05) is 0 Å². The number of benzene rings is 12. The molecule has 90 heavy (non-hydrogen) atoms. The molecular weight excluding hydrogens is 1090 g/mol. The zero-order chi connectivity index (χ0) is 60.1. The molecule has 19 rings (SSSR count). The van der Waals surface area contributed by atoms with Crippen LogP contribution in [0.15, 0.2) is 255 Å².